The second-order valence-electron chi connectivity index (χ2n) is 12.4. The van der Waals surface area contributed by atoms with E-state index in [-0.39, 0.29) is 39.6 Å². The normalized spacial score (nSPS) is 28.5. The van der Waals surface area contributed by atoms with E-state index in [4.69, 9.17) is 32.7 Å². The van der Waals surface area contributed by atoms with Gasteiger partial charge >= 0.3 is 0 Å². The summed E-state index contributed by atoms with van der Waals surface area (Å²) < 4.78 is 85.0. The fourth-order valence-corrected chi connectivity index (χ4v) is 9.08. The summed E-state index contributed by atoms with van der Waals surface area (Å²) in [6, 6.07) is 8.70. The van der Waals surface area contributed by atoms with E-state index in [0.29, 0.717) is 4.47 Å². The molecule has 0 aromatic heterocycles. The number of halogens is 8. The van der Waals surface area contributed by atoms with Gasteiger partial charge in [0.05, 0.1) is 31.7 Å². The fourth-order valence-electron chi connectivity index (χ4n) is 7.89. The number of aromatic hydroxyl groups is 1. The van der Waals surface area contributed by atoms with E-state index in [9.17, 15) is 37.5 Å². The van der Waals surface area contributed by atoms with Crippen molar-refractivity contribution < 1.29 is 55.7 Å². The largest absolute Gasteiger partial charge is 0.507 e. The molecule has 266 valence electrons. The number of phenols is 1. The van der Waals surface area contributed by atoms with E-state index in [1.807, 2.05) is 0 Å². The molecular formula is C34H22BrCl2F5N2O7. The Balaban J connectivity index is 1.47. The molecule has 3 fully saturated rings. The molecule has 3 aromatic carbocycles. The number of nitrogens with zero attached hydrogens (tertiary/aromatic N) is 2. The van der Waals surface area contributed by atoms with Gasteiger partial charge in [-0.15, -0.1) is 23.2 Å². The van der Waals surface area contributed by atoms with Crippen LogP contribution in [-0.4, -0.2) is 52.7 Å². The van der Waals surface area contributed by atoms with Crippen LogP contribution in [0.3, 0.4) is 0 Å². The number of fused-ring (bicyclic) bond motifs is 4. The summed E-state index contributed by atoms with van der Waals surface area (Å²) in [5, 5.41) is 11.4. The highest BCUT2D eigenvalue weighted by Gasteiger charge is 2.77. The number of amides is 4. The number of ether oxygens (including phenoxy) is 2. The van der Waals surface area contributed by atoms with Gasteiger partial charge in [0, 0.05) is 28.1 Å². The molecule has 3 aromatic rings. The Kier molecular flexibility index (Phi) is 8.23. The van der Waals surface area contributed by atoms with Gasteiger partial charge < -0.3 is 14.6 Å². The number of carbonyl (C=O) groups is 4. The molecule has 0 bridgehead atoms. The van der Waals surface area contributed by atoms with Crippen molar-refractivity contribution in [2.24, 2.45) is 17.8 Å². The van der Waals surface area contributed by atoms with Gasteiger partial charge in [-0.05, 0) is 43.0 Å². The van der Waals surface area contributed by atoms with E-state index in [2.05, 4.69) is 15.9 Å². The molecule has 2 heterocycles. The summed E-state index contributed by atoms with van der Waals surface area (Å²) in [4.78, 5) is 51.9. The number of anilines is 2. The van der Waals surface area contributed by atoms with E-state index in [0.717, 1.165) is 11.0 Å². The predicted octanol–water partition coefficient (Wildman–Crippen LogP) is 6.64. The van der Waals surface area contributed by atoms with Gasteiger partial charge in [0.15, 0.2) is 33.0 Å². The van der Waals surface area contributed by atoms with Gasteiger partial charge in [-0.1, -0.05) is 27.6 Å². The van der Waals surface area contributed by atoms with Gasteiger partial charge in [0.2, 0.25) is 17.6 Å². The molecule has 2 saturated heterocycles. The molecule has 9 nitrogen and oxygen atoms in total. The van der Waals surface area contributed by atoms with Crippen LogP contribution in [0.4, 0.5) is 33.3 Å². The summed E-state index contributed by atoms with van der Waals surface area (Å²) in [5.74, 6) is -22.9. The highest BCUT2D eigenvalue weighted by atomic mass is 79.9. The van der Waals surface area contributed by atoms with Crippen LogP contribution in [0.25, 0.3) is 0 Å². The number of hydrogen-bond acceptors (Lipinski definition) is 7. The lowest BCUT2D eigenvalue weighted by atomic mass is 9.56. The standard InChI is InChI=1S/C34H22BrCl2F5N2O7/c1-50-14-9-18(45)21(19(10-14)51-2)22-15-7-8-16-20(30(47)43(29(16)46)13-5-3-12(35)4-6-13)17(15)11-33(36)31(48)44(32(49)34(22,33)37)28-26(41)24(39)23(38)25(40)27(28)42/h3-7,9-10,16-17,20,22,45H,8,11H2,1-2H3. The van der Waals surface area contributed by atoms with Crippen LogP contribution in [-0.2, 0) is 19.2 Å². The van der Waals surface area contributed by atoms with Crippen LogP contribution in [0.15, 0.2) is 52.5 Å². The van der Waals surface area contributed by atoms with Crippen LogP contribution in [0.2, 0.25) is 0 Å². The van der Waals surface area contributed by atoms with Crippen LogP contribution < -0.4 is 19.3 Å². The highest BCUT2D eigenvalue weighted by molar-refractivity contribution is 9.10. The van der Waals surface area contributed by atoms with Gasteiger partial charge in [0.25, 0.3) is 11.8 Å². The number of hydrogen-bond donors (Lipinski definition) is 1. The summed E-state index contributed by atoms with van der Waals surface area (Å²) in [6.45, 7) is 0. The van der Waals surface area contributed by atoms with Crippen molar-refractivity contribution in [3.8, 4) is 17.2 Å². The second kappa shape index (κ2) is 11.9. The average molecular weight is 816 g/mol. The third-order valence-corrected chi connectivity index (χ3v) is 12.1. The van der Waals surface area contributed by atoms with E-state index >= 15 is 8.78 Å². The molecule has 6 atom stereocenters. The second-order valence-corrected chi connectivity index (χ2v) is 14.6. The molecule has 0 spiro atoms. The van der Waals surface area contributed by atoms with Crippen LogP contribution in [0.5, 0.6) is 17.2 Å². The Morgan fingerprint density at radius 2 is 1.43 bits per heavy atom. The zero-order valence-corrected chi connectivity index (χ0v) is 29.2. The van der Waals surface area contributed by atoms with Crippen molar-refractivity contribution in [2.45, 2.75) is 28.5 Å². The zero-order valence-electron chi connectivity index (χ0n) is 26.1. The Bertz CT molecular complexity index is 2110. The molecule has 1 saturated carbocycles. The van der Waals surface area contributed by atoms with Gasteiger partial charge in [-0.25, -0.2) is 26.9 Å². The summed E-state index contributed by atoms with van der Waals surface area (Å²) in [6.07, 6.45) is 0.718. The smallest absolute Gasteiger partial charge is 0.258 e. The van der Waals surface area contributed by atoms with Crippen molar-refractivity contribution in [1.29, 1.82) is 0 Å². The molecule has 4 aliphatic rings. The van der Waals surface area contributed by atoms with Gasteiger partial charge in [-0.3, -0.25) is 24.1 Å². The van der Waals surface area contributed by atoms with Gasteiger partial charge in [0.1, 0.15) is 22.9 Å². The SMILES string of the molecule is COc1cc(O)c(C2C3=CCC4C(=O)N(c5ccc(Br)cc5)C(=O)C4C3CC3(Cl)C(=O)N(c4c(F)c(F)c(F)c(F)c4F)C(=O)C23Cl)c(OC)c1. The molecule has 7 rings (SSSR count). The van der Waals surface area contributed by atoms with E-state index in [1.54, 1.807) is 12.1 Å². The molecule has 2 aliphatic heterocycles. The Hall–Kier alpha value is -4.21. The van der Waals surface area contributed by atoms with Crippen LogP contribution in [0, 0.1) is 46.8 Å². The zero-order chi connectivity index (χ0) is 37.1. The molecule has 6 unspecified atom stereocenters. The molecule has 4 amide bonds. The number of allylic oxidation sites excluding steroid dienone is 2. The lowest BCUT2D eigenvalue weighted by molar-refractivity contribution is -0.125. The maximum atomic E-state index is 15.3. The molecule has 2 aliphatic carbocycles. The first-order chi connectivity index (χ1) is 24.0. The number of benzene rings is 3. The number of rotatable bonds is 5. The lowest BCUT2D eigenvalue weighted by Crippen LogP contribution is -2.60. The van der Waals surface area contributed by atoms with Gasteiger partial charge in [-0.2, -0.15) is 0 Å². The third-order valence-electron chi connectivity index (χ3n) is 10.1. The molecule has 17 heteroatoms. The van der Waals surface area contributed by atoms with Crippen molar-refractivity contribution in [3.63, 3.8) is 0 Å². The predicted molar refractivity (Wildman–Crippen MR) is 174 cm³/mol. The first-order valence-corrected chi connectivity index (χ1v) is 16.7. The first kappa shape index (κ1) is 35.2. The number of carbonyl (C=O) groups excluding carboxylic acids is 4. The Morgan fingerprint density at radius 3 is 2.02 bits per heavy atom. The number of alkyl halides is 2. The quantitative estimate of drug-likeness (QED) is 0.0769. The Labute approximate surface area is 303 Å². The monoisotopic (exact) mass is 814 g/mol. The van der Waals surface area contributed by atoms with Crippen LogP contribution in [0.1, 0.15) is 24.3 Å². The fraction of sp³-hybridized carbons (Fsp3) is 0.294. The molecule has 51 heavy (non-hydrogen) atoms. The minimum Gasteiger partial charge on any atom is -0.507 e. The van der Waals surface area contributed by atoms with E-state index < -0.39 is 104 Å². The average Bonchev–Trinajstić information content (AvgIpc) is 3.45. The highest BCUT2D eigenvalue weighted by Crippen LogP contribution is 2.67. The number of phenolic OH excluding ortho intramolecular Hbond substituents is 1. The van der Waals surface area contributed by atoms with Crippen molar-refractivity contribution >= 4 is 74.1 Å². The molecular weight excluding hydrogens is 794 g/mol. The molecule has 1 N–H and O–H groups in total. The van der Waals surface area contributed by atoms with Crippen molar-refractivity contribution in [1.82, 2.24) is 0 Å². The first-order valence-electron chi connectivity index (χ1n) is 15.1. The molecule has 0 radical (unpaired) electrons. The Morgan fingerprint density at radius 1 is 0.824 bits per heavy atom. The number of imide groups is 2. The maximum absolute atomic E-state index is 15.3. The lowest BCUT2D eigenvalue weighted by Gasteiger charge is -2.50. The minimum absolute atomic E-state index is 0.0671. The topological polar surface area (TPSA) is 113 Å². The summed E-state index contributed by atoms with van der Waals surface area (Å²) in [7, 11) is 2.47. The van der Waals surface area contributed by atoms with Crippen molar-refractivity contribution in [2.75, 3.05) is 24.0 Å². The van der Waals surface area contributed by atoms with Crippen LogP contribution >= 0.6 is 39.1 Å². The third kappa shape index (κ3) is 4.56. The summed E-state index contributed by atoms with van der Waals surface area (Å²) >= 11 is 17.6. The van der Waals surface area contributed by atoms with E-state index in [1.165, 1.54) is 38.5 Å². The van der Waals surface area contributed by atoms with Crippen molar-refractivity contribution in [3.05, 3.63) is 87.2 Å². The maximum Gasteiger partial charge on any atom is 0.258 e. The summed E-state index contributed by atoms with van der Waals surface area (Å²) in [5.41, 5.74) is -1.80. The minimum atomic E-state index is -2.85. The number of methoxy groups -OCH3 is 2.